The summed E-state index contributed by atoms with van der Waals surface area (Å²) in [4.78, 5) is 28.2. The fraction of sp³-hybridized carbons (Fsp3) is 0.417. The van der Waals surface area contributed by atoms with Crippen molar-refractivity contribution in [3.8, 4) is 0 Å². The van der Waals surface area contributed by atoms with Crippen LogP contribution in [0.15, 0.2) is 42.5 Å². The van der Waals surface area contributed by atoms with Crippen LogP contribution in [0.3, 0.4) is 0 Å². The lowest BCUT2D eigenvalue weighted by Crippen LogP contribution is -2.53. The van der Waals surface area contributed by atoms with Crippen LogP contribution in [0.1, 0.15) is 39.2 Å². The van der Waals surface area contributed by atoms with E-state index in [1.807, 2.05) is 13.8 Å². The van der Waals surface area contributed by atoms with Gasteiger partial charge >= 0.3 is 0 Å². The Labute approximate surface area is 231 Å². The maximum Gasteiger partial charge on any atom is 0.244 e. The Hall–Kier alpha value is -1.56. The molecule has 0 radical (unpaired) electrons. The van der Waals surface area contributed by atoms with Gasteiger partial charge in [0.15, 0.2) is 0 Å². The fourth-order valence-electron chi connectivity index (χ4n) is 3.42. The number of hydrogen-bond donors (Lipinski definition) is 1. The van der Waals surface area contributed by atoms with Gasteiger partial charge in [-0.05, 0) is 84.3 Å². The maximum absolute atomic E-state index is 13.7. The Morgan fingerprint density at radius 2 is 1.69 bits per heavy atom. The van der Waals surface area contributed by atoms with Gasteiger partial charge in [0.1, 0.15) is 12.6 Å². The van der Waals surface area contributed by atoms with Crippen LogP contribution in [0.25, 0.3) is 0 Å². The Morgan fingerprint density at radius 3 is 2.20 bits per heavy atom. The highest BCUT2D eigenvalue weighted by atomic mass is 127. The van der Waals surface area contributed by atoms with Crippen molar-refractivity contribution in [2.75, 3.05) is 17.1 Å². The molecule has 0 spiro atoms. The van der Waals surface area contributed by atoms with Gasteiger partial charge in [0, 0.05) is 26.2 Å². The number of carbonyl (C=O) groups is 2. The number of sulfonamides is 1. The second-order valence-corrected chi connectivity index (χ2v) is 12.2. The molecular formula is C24H30Cl2IN3O4S. The predicted molar refractivity (Wildman–Crippen MR) is 150 cm³/mol. The molecule has 0 fully saturated rings. The predicted octanol–water partition coefficient (Wildman–Crippen LogP) is 5.09. The normalized spacial score (nSPS) is 13.1. The van der Waals surface area contributed by atoms with Gasteiger partial charge in [0.2, 0.25) is 21.8 Å². The van der Waals surface area contributed by atoms with Crippen LogP contribution >= 0.6 is 45.8 Å². The van der Waals surface area contributed by atoms with Gasteiger partial charge < -0.3 is 10.2 Å². The zero-order chi connectivity index (χ0) is 26.3. The summed E-state index contributed by atoms with van der Waals surface area (Å²) in [6, 6.07) is 10.8. The average Bonchev–Trinajstić information content (AvgIpc) is 2.78. The van der Waals surface area contributed by atoms with E-state index in [0.29, 0.717) is 27.7 Å². The van der Waals surface area contributed by atoms with Crippen LogP contribution in [-0.2, 0) is 26.2 Å². The molecule has 1 N–H and O–H groups in total. The molecule has 11 heteroatoms. The average molecular weight is 654 g/mol. The molecule has 0 saturated carbocycles. The lowest BCUT2D eigenvalue weighted by molar-refractivity contribution is -0.140. The van der Waals surface area contributed by atoms with Crippen molar-refractivity contribution in [1.82, 2.24) is 10.2 Å². The number of anilines is 1. The highest BCUT2D eigenvalue weighted by molar-refractivity contribution is 14.1. The number of benzene rings is 2. The van der Waals surface area contributed by atoms with Crippen molar-refractivity contribution in [2.45, 2.75) is 52.2 Å². The summed E-state index contributed by atoms with van der Waals surface area (Å²) in [6.07, 6.45) is 2.11. The Morgan fingerprint density at radius 1 is 1.06 bits per heavy atom. The minimum atomic E-state index is -3.78. The first-order chi connectivity index (χ1) is 16.4. The lowest BCUT2D eigenvalue weighted by Gasteiger charge is -2.33. The van der Waals surface area contributed by atoms with Gasteiger partial charge in [-0.1, -0.05) is 43.1 Å². The third-order valence-electron chi connectivity index (χ3n) is 5.54. The lowest BCUT2D eigenvalue weighted by atomic mass is 10.1. The summed E-state index contributed by atoms with van der Waals surface area (Å²) in [5.74, 6) is -0.827. The van der Waals surface area contributed by atoms with Gasteiger partial charge in [-0.3, -0.25) is 13.9 Å². The molecule has 0 saturated heterocycles. The molecule has 0 heterocycles. The smallest absolute Gasteiger partial charge is 0.244 e. The van der Waals surface area contributed by atoms with E-state index in [-0.39, 0.29) is 18.5 Å². The molecule has 7 nitrogen and oxygen atoms in total. The number of amides is 2. The minimum Gasteiger partial charge on any atom is -0.352 e. The molecular weight excluding hydrogens is 624 g/mol. The fourth-order valence-corrected chi connectivity index (χ4v) is 5.09. The molecule has 0 aliphatic carbocycles. The molecule has 192 valence electrons. The van der Waals surface area contributed by atoms with E-state index in [1.165, 1.54) is 4.90 Å². The second kappa shape index (κ2) is 13.1. The van der Waals surface area contributed by atoms with Crippen LogP contribution in [0.5, 0.6) is 0 Å². The molecule has 0 aliphatic rings. The topological polar surface area (TPSA) is 86.8 Å². The molecule has 0 unspecified atom stereocenters. The number of rotatable bonds is 11. The van der Waals surface area contributed by atoms with E-state index in [9.17, 15) is 18.0 Å². The highest BCUT2D eigenvalue weighted by Gasteiger charge is 2.32. The quantitative estimate of drug-likeness (QED) is 0.343. The van der Waals surface area contributed by atoms with Crippen LogP contribution < -0.4 is 9.62 Å². The Bertz CT molecular complexity index is 1150. The zero-order valence-corrected chi connectivity index (χ0v) is 24.6. The third kappa shape index (κ3) is 8.51. The van der Waals surface area contributed by atoms with Gasteiger partial charge in [0.05, 0.1) is 11.9 Å². The van der Waals surface area contributed by atoms with E-state index < -0.39 is 28.5 Å². The molecule has 2 amide bonds. The number of carbonyl (C=O) groups excluding carboxylic acids is 2. The molecule has 2 aromatic rings. The standard InChI is InChI=1S/C24H30Cl2IN3O4S/c1-5-16(3)28-24(32)22(6-2)29(14-17-7-8-18(25)13-21(17)26)23(31)15-30(35(4,33)34)20-11-9-19(27)10-12-20/h7-13,16,22H,5-6,14-15H2,1-4H3,(H,28,32)/t16-,22+/m1/s1. The number of halogens is 3. The summed E-state index contributed by atoms with van der Waals surface area (Å²) >= 11 is 14.5. The first-order valence-corrected chi connectivity index (χ1v) is 14.8. The molecule has 0 aromatic heterocycles. The summed E-state index contributed by atoms with van der Waals surface area (Å²) in [7, 11) is -3.78. The summed E-state index contributed by atoms with van der Waals surface area (Å²) < 4.78 is 27.2. The Kier molecular flexibility index (Phi) is 11.1. The number of hydrogen-bond acceptors (Lipinski definition) is 4. The molecule has 2 rings (SSSR count). The van der Waals surface area contributed by atoms with E-state index in [1.54, 1.807) is 49.4 Å². The van der Waals surface area contributed by atoms with E-state index in [2.05, 4.69) is 27.9 Å². The summed E-state index contributed by atoms with van der Waals surface area (Å²) in [6.45, 7) is 5.20. The van der Waals surface area contributed by atoms with Crippen molar-refractivity contribution in [3.05, 3.63) is 61.6 Å². The van der Waals surface area contributed by atoms with Crippen LogP contribution in [0.4, 0.5) is 5.69 Å². The van der Waals surface area contributed by atoms with Crippen molar-refractivity contribution >= 4 is 73.3 Å². The van der Waals surface area contributed by atoms with Crippen LogP contribution in [-0.4, -0.2) is 50.0 Å². The zero-order valence-electron chi connectivity index (χ0n) is 20.1. The summed E-state index contributed by atoms with van der Waals surface area (Å²) in [5.41, 5.74) is 0.960. The third-order valence-corrected chi connectivity index (χ3v) is 7.98. The van der Waals surface area contributed by atoms with E-state index in [0.717, 1.165) is 20.6 Å². The first kappa shape index (κ1) is 29.7. The Balaban J connectivity index is 2.46. The van der Waals surface area contributed by atoms with Gasteiger partial charge in [-0.25, -0.2) is 8.42 Å². The van der Waals surface area contributed by atoms with Crippen LogP contribution in [0, 0.1) is 3.57 Å². The van der Waals surface area contributed by atoms with E-state index in [4.69, 9.17) is 23.2 Å². The molecule has 0 aliphatic heterocycles. The molecule has 2 atom stereocenters. The van der Waals surface area contributed by atoms with Crippen molar-refractivity contribution < 1.29 is 18.0 Å². The van der Waals surface area contributed by atoms with Gasteiger partial charge in [0.25, 0.3) is 0 Å². The van der Waals surface area contributed by atoms with Crippen molar-refractivity contribution in [1.29, 1.82) is 0 Å². The molecule has 2 aromatic carbocycles. The van der Waals surface area contributed by atoms with Gasteiger partial charge in [-0.2, -0.15) is 0 Å². The highest BCUT2D eigenvalue weighted by Crippen LogP contribution is 2.25. The van der Waals surface area contributed by atoms with Gasteiger partial charge in [-0.15, -0.1) is 0 Å². The largest absolute Gasteiger partial charge is 0.352 e. The summed E-state index contributed by atoms with van der Waals surface area (Å²) in [5, 5.41) is 3.72. The van der Waals surface area contributed by atoms with Crippen molar-refractivity contribution in [3.63, 3.8) is 0 Å². The maximum atomic E-state index is 13.7. The van der Waals surface area contributed by atoms with E-state index >= 15 is 0 Å². The van der Waals surface area contributed by atoms with Crippen molar-refractivity contribution in [2.24, 2.45) is 0 Å². The molecule has 0 bridgehead atoms. The minimum absolute atomic E-state index is 0.0194. The first-order valence-electron chi connectivity index (χ1n) is 11.1. The molecule has 35 heavy (non-hydrogen) atoms. The number of nitrogens with zero attached hydrogens (tertiary/aromatic N) is 2. The second-order valence-electron chi connectivity index (χ2n) is 8.25. The monoisotopic (exact) mass is 653 g/mol. The number of nitrogens with one attached hydrogen (secondary N) is 1. The SMILES string of the molecule is CC[C@@H](C)NC(=O)[C@H](CC)N(Cc1ccc(Cl)cc1Cl)C(=O)CN(c1ccc(I)cc1)S(C)(=O)=O. The van der Waals surface area contributed by atoms with Crippen LogP contribution in [0.2, 0.25) is 10.0 Å².